The highest BCUT2D eigenvalue weighted by molar-refractivity contribution is 5.78. The van der Waals surface area contributed by atoms with Crippen LogP contribution in [0.15, 0.2) is 59.1 Å². The molecule has 1 aromatic heterocycles. The van der Waals surface area contributed by atoms with E-state index in [4.69, 9.17) is 9.26 Å². The monoisotopic (exact) mass is 352 g/mol. The van der Waals surface area contributed by atoms with Crippen LogP contribution >= 0.6 is 0 Å². The number of carbonyl (C=O) groups excluding carboxylic acids is 1. The lowest BCUT2D eigenvalue weighted by atomic mass is 10.0. The summed E-state index contributed by atoms with van der Waals surface area (Å²) in [6, 6.07) is 15.4. The largest absolute Gasteiger partial charge is 0.484 e. The first-order chi connectivity index (χ1) is 12.7. The van der Waals surface area contributed by atoms with E-state index in [0.717, 1.165) is 16.8 Å². The molecule has 0 spiro atoms. The summed E-state index contributed by atoms with van der Waals surface area (Å²) in [5, 5.41) is 4.10. The van der Waals surface area contributed by atoms with Crippen LogP contribution in [0.2, 0.25) is 0 Å². The third-order valence-electron chi connectivity index (χ3n) is 4.41. The maximum Gasteiger partial charge on any atom is 0.260 e. The molecule has 0 saturated heterocycles. The lowest BCUT2D eigenvalue weighted by Crippen LogP contribution is -2.38. The minimum absolute atomic E-state index is 0.0119. The van der Waals surface area contributed by atoms with Crippen molar-refractivity contribution in [3.63, 3.8) is 0 Å². The Hall–Kier alpha value is -3.15. The van der Waals surface area contributed by atoms with Crippen molar-refractivity contribution in [1.29, 1.82) is 0 Å². The lowest BCUT2D eigenvalue weighted by Gasteiger charge is -2.26. The van der Waals surface area contributed by atoms with Gasteiger partial charge in [-0.3, -0.25) is 4.79 Å². The molecule has 0 unspecified atom stereocenters. The Morgan fingerprint density at radius 3 is 2.69 bits per heavy atom. The molecule has 0 radical (unpaired) electrons. The molecule has 2 aromatic carbocycles. The highest BCUT2D eigenvalue weighted by Crippen LogP contribution is 2.30. The van der Waals surface area contributed by atoms with Crippen LogP contribution in [-0.2, 0) is 17.8 Å². The number of rotatable bonds is 4. The molecule has 0 bridgehead atoms. The standard InChI is InChI=1S/C20H17FN2O3/c21-15-8-6-14(7-9-15)20-17-10-11-23(12-18(17)22-26-20)19(24)13-25-16-4-2-1-3-5-16/h1-9H,10-13H2. The topological polar surface area (TPSA) is 55.6 Å². The first-order valence-electron chi connectivity index (χ1n) is 8.39. The molecule has 26 heavy (non-hydrogen) atoms. The van der Waals surface area contributed by atoms with Crippen molar-refractivity contribution in [2.24, 2.45) is 0 Å². The quantitative estimate of drug-likeness (QED) is 0.722. The van der Waals surface area contributed by atoms with Crippen molar-refractivity contribution < 1.29 is 18.4 Å². The van der Waals surface area contributed by atoms with E-state index in [0.29, 0.717) is 31.0 Å². The second-order valence-electron chi connectivity index (χ2n) is 6.11. The van der Waals surface area contributed by atoms with Gasteiger partial charge < -0.3 is 14.2 Å². The van der Waals surface area contributed by atoms with Gasteiger partial charge in [-0.1, -0.05) is 23.4 Å². The average Bonchev–Trinajstić information content (AvgIpc) is 3.11. The second kappa shape index (κ2) is 7.00. The Labute approximate surface area is 150 Å². The van der Waals surface area contributed by atoms with Gasteiger partial charge in [0.05, 0.1) is 6.54 Å². The number of benzene rings is 2. The third-order valence-corrected chi connectivity index (χ3v) is 4.41. The van der Waals surface area contributed by atoms with E-state index in [2.05, 4.69) is 5.16 Å². The van der Waals surface area contributed by atoms with E-state index in [-0.39, 0.29) is 18.3 Å². The van der Waals surface area contributed by atoms with E-state index in [9.17, 15) is 9.18 Å². The molecule has 1 aliphatic rings. The van der Waals surface area contributed by atoms with Crippen molar-refractivity contribution in [2.75, 3.05) is 13.2 Å². The van der Waals surface area contributed by atoms with Crippen molar-refractivity contribution in [3.8, 4) is 17.1 Å². The first-order valence-corrected chi connectivity index (χ1v) is 8.39. The maximum absolute atomic E-state index is 13.1. The SMILES string of the molecule is O=C(COc1ccccc1)N1CCc2c(noc2-c2ccc(F)cc2)C1. The molecule has 1 aliphatic heterocycles. The lowest BCUT2D eigenvalue weighted by molar-refractivity contribution is -0.134. The molecule has 4 rings (SSSR count). The molecule has 3 aromatic rings. The van der Waals surface area contributed by atoms with Crippen LogP contribution in [0.3, 0.4) is 0 Å². The number of hydrogen-bond acceptors (Lipinski definition) is 4. The number of para-hydroxylation sites is 1. The van der Waals surface area contributed by atoms with Crippen LogP contribution in [0.5, 0.6) is 5.75 Å². The zero-order valence-electron chi connectivity index (χ0n) is 14.0. The van der Waals surface area contributed by atoms with Gasteiger partial charge in [-0.25, -0.2) is 4.39 Å². The van der Waals surface area contributed by atoms with E-state index in [1.165, 1.54) is 12.1 Å². The molecule has 5 nitrogen and oxygen atoms in total. The summed E-state index contributed by atoms with van der Waals surface area (Å²) in [5.41, 5.74) is 2.50. The zero-order chi connectivity index (χ0) is 17.9. The maximum atomic E-state index is 13.1. The van der Waals surface area contributed by atoms with E-state index < -0.39 is 0 Å². The van der Waals surface area contributed by atoms with E-state index >= 15 is 0 Å². The van der Waals surface area contributed by atoms with Gasteiger partial charge in [0.25, 0.3) is 5.91 Å². The van der Waals surface area contributed by atoms with E-state index in [1.54, 1.807) is 17.0 Å². The van der Waals surface area contributed by atoms with Gasteiger partial charge in [0, 0.05) is 17.7 Å². The minimum Gasteiger partial charge on any atom is -0.484 e. The number of halogens is 1. The molecule has 6 heteroatoms. The Bertz CT molecular complexity index is 907. The summed E-state index contributed by atoms with van der Waals surface area (Å²) in [6.45, 7) is 0.943. The fourth-order valence-corrected chi connectivity index (χ4v) is 3.02. The molecule has 0 aliphatic carbocycles. The smallest absolute Gasteiger partial charge is 0.260 e. The fraction of sp³-hybridized carbons (Fsp3) is 0.200. The molecule has 2 heterocycles. The van der Waals surface area contributed by atoms with Crippen LogP contribution < -0.4 is 4.74 Å². The van der Waals surface area contributed by atoms with Crippen LogP contribution in [0.25, 0.3) is 11.3 Å². The third kappa shape index (κ3) is 3.31. The van der Waals surface area contributed by atoms with E-state index in [1.807, 2.05) is 30.3 Å². The number of amides is 1. The summed E-state index contributed by atoms with van der Waals surface area (Å²) in [4.78, 5) is 14.1. The number of hydrogen-bond donors (Lipinski definition) is 0. The number of nitrogens with zero attached hydrogens (tertiary/aromatic N) is 2. The highest BCUT2D eigenvalue weighted by Gasteiger charge is 2.27. The van der Waals surface area contributed by atoms with Gasteiger partial charge in [-0.05, 0) is 42.8 Å². The summed E-state index contributed by atoms with van der Waals surface area (Å²) in [7, 11) is 0. The van der Waals surface area contributed by atoms with Crippen molar-refractivity contribution >= 4 is 5.91 Å². The second-order valence-corrected chi connectivity index (χ2v) is 6.11. The van der Waals surface area contributed by atoms with Gasteiger partial charge in [0.15, 0.2) is 12.4 Å². The first kappa shape index (κ1) is 16.3. The van der Waals surface area contributed by atoms with Gasteiger partial charge in [-0.2, -0.15) is 0 Å². The Kier molecular flexibility index (Phi) is 4.39. The molecule has 0 saturated carbocycles. The zero-order valence-corrected chi connectivity index (χ0v) is 14.0. The molecule has 0 N–H and O–H groups in total. The predicted molar refractivity (Wildman–Crippen MR) is 93.0 cm³/mol. The molecular weight excluding hydrogens is 335 g/mol. The molecular formula is C20H17FN2O3. The summed E-state index contributed by atoms with van der Waals surface area (Å²) < 4.78 is 24.1. The number of ether oxygens (including phenoxy) is 1. The predicted octanol–water partition coefficient (Wildman–Crippen LogP) is 3.44. The molecule has 0 atom stereocenters. The van der Waals surface area contributed by atoms with Crippen LogP contribution in [-0.4, -0.2) is 29.1 Å². The van der Waals surface area contributed by atoms with Gasteiger partial charge in [-0.15, -0.1) is 0 Å². The van der Waals surface area contributed by atoms with Gasteiger partial charge >= 0.3 is 0 Å². The number of aromatic nitrogens is 1. The Morgan fingerprint density at radius 2 is 1.92 bits per heavy atom. The normalized spacial score (nSPS) is 13.3. The van der Waals surface area contributed by atoms with Crippen LogP contribution in [0.1, 0.15) is 11.3 Å². The average molecular weight is 352 g/mol. The highest BCUT2D eigenvalue weighted by atomic mass is 19.1. The van der Waals surface area contributed by atoms with Crippen molar-refractivity contribution in [2.45, 2.75) is 13.0 Å². The molecule has 1 amide bonds. The summed E-state index contributed by atoms with van der Waals surface area (Å²) in [6.07, 6.45) is 0.641. The minimum atomic E-state index is -0.294. The number of fused-ring (bicyclic) bond motifs is 1. The van der Waals surface area contributed by atoms with Crippen molar-refractivity contribution in [3.05, 3.63) is 71.7 Å². The summed E-state index contributed by atoms with van der Waals surface area (Å²) in [5.74, 6) is 0.925. The van der Waals surface area contributed by atoms with Crippen molar-refractivity contribution in [1.82, 2.24) is 10.1 Å². The molecule has 132 valence electrons. The van der Waals surface area contributed by atoms with Crippen LogP contribution in [0, 0.1) is 5.82 Å². The number of carbonyl (C=O) groups is 1. The fourth-order valence-electron chi connectivity index (χ4n) is 3.02. The molecule has 0 fully saturated rings. The van der Waals surface area contributed by atoms with Gasteiger partial charge in [0.1, 0.15) is 17.3 Å². The van der Waals surface area contributed by atoms with Crippen LogP contribution in [0.4, 0.5) is 4.39 Å². The Balaban J connectivity index is 1.43. The summed E-state index contributed by atoms with van der Waals surface area (Å²) >= 11 is 0. The van der Waals surface area contributed by atoms with Gasteiger partial charge in [0.2, 0.25) is 0 Å². The Morgan fingerprint density at radius 1 is 1.15 bits per heavy atom.